The predicted molar refractivity (Wildman–Crippen MR) is 114 cm³/mol. The normalized spacial score (nSPS) is 12.2. The summed E-state index contributed by atoms with van der Waals surface area (Å²) in [6, 6.07) is 15.4. The minimum absolute atomic E-state index is 0.0748. The molecule has 28 heavy (non-hydrogen) atoms. The maximum atomic E-state index is 12.6. The van der Waals surface area contributed by atoms with Crippen LogP contribution in [0.4, 0.5) is 5.69 Å². The van der Waals surface area contributed by atoms with Crippen LogP contribution in [-0.4, -0.2) is 48.3 Å². The van der Waals surface area contributed by atoms with Crippen LogP contribution < -0.4 is 10.1 Å². The van der Waals surface area contributed by atoms with E-state index in [1.54, 1.807) is 0 Å². The number of nitrogens with one attached hydrogen (secondary N) is 1. The molecule has 0 aliphatic rings. The van der Waals surface area contributed by atoms with Gasteiger partial charge in [0.25, 0.3) is 0 Å². The van der Waals surface area contributed by atoms with E-state index in [4.69, 9.17) is 4.74 Å². The molecular formula is C23H32N2O3. The Bertz CT molecular complexity index is 727. The van der Waals surface area contributed by atoms with Crippen LogP contribution >= 0.6 is 0 Å². The molecule has 0 saturated heterocycles. The number of carbonyl (C=O) groups is 1. The average Bonchev–Trinajstić information content (AvgIpc) is 2.63. The second-order valence-corrected chi connectivity index (χ2v) is 7.68. The van der Waals surface area contributed by atoms with Crippen molar-refractivity contribution in [1.82, 2.24) is 4.90 Å². The Hall–Kier alpha value is -2.37. The standard InChI is InChI=1S/C23H32N2O3/c1-17(2)13-25(14-20(26)16-28-21-11-6-5-7-12-21)15-22(27)24-23-18(3)9-8-10-19(23)4/h5-12,17,20,26H,13-16H2,1-4H3,(H,24,27)/t20-/m0/s1. The number of rotatable bonds is 10. The summed E-state index contributed by atoms with van der Waals surface area (Å²) in [7, 11) is 0. The number of hydrogen-bond acceptors (Lipinski definition) is 4. The highest BCUT2D eigenvalue weighted by molar-refractivity contribution is 5.93. The van der Waals surface area contributed by atoms with Gasteiger partial charge in [0.15, 0.2) is 0 Å². The lowest BCUT2D eigenvalue weighted by Crippen LogP contribution is -2.42. The fourth-order valence-corrected chi connectivity index (χ4v) is 3.17. The molecule has 2 aromatic rings. The molecule has 152 valence electrons. The number of aliphatic hydroxyl groups excluding tert-OH is 1. The first-order valence-electron chi connectivity index (χ1n) is 9.79. The zero-order chi connectivity index (χ0) is 20.5. The van der Waals surface area contributed by atoms with Crippen molar-refractivity contribution in [1.29, 1.82) is 0 Å². The Morgan fingerprint density at radius 3 is 2.29 bits per heavy atom. The molecule has 1 atom stereocenters. The van der Waals surface area contributed by atoms with Crippen molar-refractivity contribution >= 4 is 11.6 Å². The molecule has 0 saturated carbocycles. The third-order valence-corrected chi connectivity index (χ3v) is 4.39. The van der Waals surface area contributed by atoms with Gasteiger partial charge in [-0.15, -0.1) is 0 Å². The molecule has 0 bridgehead atoms. The lowest BCUT2D eigenvalue weighted by atomic mass is 10.1. The first kappa shape index (κ1) is 21.9. The van der Waals surface area contributed by atoms with Crippen molar-refractivity contribution < 1.29 is 14.6 Å². The number of carbonyl (C=O) groups excluding carboxylic acids is 1. The fourth-order valence-electron chi connectivity index (χ4n) is 3.17. The SMILES string of the molecule is Cc1cccc(C)c1NC(=O)CN(CC(C)C)C[C@H](O)COc1ccccc1. The van der Waals surface area contributed by atoms with Crippen LogP contribution in [0.5, 0.6) is 5.75 Å². The average molecular weight is 385 g/mol. The number of hydrogen-bond donors (Lipinski definition) is 2. The molecule has 2 aromatic carbocycles. The van der Waals surface area contributed by atoms with Crippen molar-refractivity contribution in [3.8, 4) is 5.75 Å². The minimum atomic E-state index is -0.674. The Labute approximate surface area is 168 Å². The van der Waals surface area contributed by atoms with Gasteiger partial charge < -0.3 is 15.2 Å². The van der Waals surface area contributed by atoms with Gasteiger partial charge in [0.2, 0.25) is 5.91 Å². The lowest BCUT2D eigenvalue weighted by Gasteiger charge is -2.26. The van der Waals surface area contributed by atoms with E-state index in [1.165, 1.54) is 0 Å². The van der Waals surface area contributed by atoms with Gasteiger partial charge in [0.05, 0.1) is 6.54 Å². The smallest absolute Gasteiger partial charge is 0.238 e. The summed E-state index contributed by atoms with van der Waals surface area (Å²) in [4.78, 5) is 14.6. The number of aryl methyl sites for hydroxylation is 2. The van der Waals surface area contributed by atoms with Gasteiger partial charge in [-0.2, -0.15) is 0 Å². The largest absolute Gasteiger partial charge is 0.491 e. The van der Waals surface area contributed by atoms with E-state index in [2.05, 4.69) is 19.2 Å². The molecule has 2 N–H and O–H groups in total. The second kappa shape index (κ2) is 10.8. The first-order valence-corrected chi connectivity index (χ1v) is 9.79. The topological polar surface area (TPSA) is 61.8 Å². The summed E-state index contributed by atoms with van der Waals surface area (Å²) in [5.74, 6) is 1.04. The quantitative estimate of drug-likeness (QED) is 0.657. The van der Waals surface area contributed by atoms with Crippen LogP contribution in [0.25, 0.3) is 0 Å². The summed E-state index contributed by atoms with van der Waals surface area (Å²) in [6.07, 6.45) is -0.674. The van der Waals surface area contributed by atoms with Crippen LogP contribution in [-0.2, 0) is 4.79 Å². The zero-order valence-corrected chi connectivity index (χ0v) is 17.3. The second-order valence-electron chi connectivity index (χ2n) is 7.68. The molecule has 0 unspecified atom stereocenters. The Morgan fingerprint density at radius 2 is 1.68 bits per heavy atom. The summed E-state index contributed by atoms with van der Waals surface area (Å²) in [5, 5.41) is 13.4. The molecule has 0 spiro atoms. The number of benzene rings is 2. The summed E-state index contributed by atoms with van der Waals surface area (Å²) in [5.41, 5.74) is 2.95. The van der Waals surface area contributed by atoms with E-state index < -0.39 is 6.10 Å². The van der Waals surface area contributed by atoms with Gasteiger partial charge in [-0.25, -0.2) is 0 Å². The molecule has 2 rings (SSSR count). The maximum Gasteiger partial charge on any atom is 0.238 e. The predicted octanol–water partition coefficient (Wildman–Crippen LogP) is 3.64. The van der Waals surface area contributed by atoms with E-state index in [0.29, 0.717) is 12.5 Å². The molecule has 0 fully saturated rings. The van der Waals surface area contributed by atoms with Gasteiger partial charge in [0, 0.05) is 18.8 Å². The van der Waals surface area contributed by atoms with Crippen LogP contribution in [0.15, 0.2) is 48.5 Å². The van der Waals surface area contributed by atoms with Gasteiger partial charge in [-0.1, -0.05) is 50.2 Å². The van der Waals surface area contributed by atoms with Crippen LogP contribution in [0.2, 0.25) is 0 Å². The van der Waals surface area contributed by atoms with Gasteiger partial charge in [0.1, 0.15) is 18.5 Å². The summed E-state index contributed by atoms with van der Waals surface area (Å²) < 4.78 is 5.63. The van der Waals surface area contributed by atoms with Crippen molar-refractivity contribution in [2.75, 3.05) is 31.6 Å². The molecule has 5 nitrogen and oxygen atoms in total. The number of amides is 1. The van der Waals surface area contributed by atoms with Crippen molar-refractivity contribution in [2.45, 2.75) is 33.8 Å². The molecule has 0 aliphatic carbocycles. The van der Waals surface area contributed by atoms with Crippen molar-refractivity contribution in [3.63, 3.8) is 0 Å². The number of nitrogens with zero attached hydrogens (tertiary/aromatic N) is 1. The zero-order valence-electron chi connectivity index (χ0n) is 17.3. The van der Waals surface area contributed by atoms with Gasteiger partial charge in [-0.05, 0) is 43.0 Å². The van der Waals surface area contributed by atoms with E-state index in [0.717, 1.165) is 29.1 Å². The first-order chi connectivity index (χ1) is 13.3. The third-order valence-electron chi connectivity index (χ3n) is 4.39. The van der Waals surface area contributed by atoms with E-state index >= 15 is 0 Å². The highest BCUT2D eigenvalue weighted by Gasteiger charge is 2.18. The maximum absolute atomic E-state index is 12.6. The van der Waals surface area contributed by atoms with Crippen molar-refractivity contribution in [3.05, 3.63) is 59.7 Å². The highest BCUT2D eigenvalue weighted by atomic mass is 16.5. The number of para-hydroxylation sites is 2. The third kappa shape index (κ3) is 7.33. The fraction of sp³-hybridized carbons (Fsp3) is 0.435. The Kier molecular flexibility index (Phi) is 8.48. The van der Waals surface area contributed by atoms with Crippen LogP contribution in [0.1, 0.15) is 25.0 Å². The minimum Gasteiger partial charge on any atom is -0.491 e. The van der Waals surface area contributed by atoms with Crippen LogP contribution in [0.3, 0.4) is 0 Å². The summed E-state index contributed by atoms with van der Waals surface area (Å²) >= 11 is 0. The molecule has 1 amide bonds. The Balaban J connectivity index is 1.91. The molecule has 0 aromatic heterocycles. The molecule has 0 heterocycles. The van der Waals surface area contributed by atoms with Gasteiger partial charge in [-0.3, -0.25) is 9.69 Å². The number of aliphatic hydroxyl groups is 1. The van der Waals surface area contributed by atoms with Crippen molar-refractivity contribution in [2.24, 2.45) is 5.92 Å². The van der Waals surface area contributed by atoms with Gasteiger partial charge >= 0.3 is 0 Å². The Morgan fingerprint density at radius 1 is 1.04 bits per heavy atom. The molecule has 0 radical (unpaired) electrons. The number of ether oxygens (including phenoxy) is 1. The summed E-state index contributed by atoms with van der Waals surface area (Å²) in [6.45, 7) is 9.70. The molecule has 0 aliphatic heterocycles. The van der Waals surface area contributed by atoms with E-state index in [-0.39, 0.29) is 19.1 Å². The highest BCUT2D eigenvalue weighted by Crippen LogP contribution is 2.19. The monoisotopic (exact) mass is 384 g/mol. The van der Waals surface area contributed by atoms with E-state index in [1.807, 2.05) is 67.3 Å². The number of anilines is 1. The lowest BCUT2D eigenvalue weighted by molar-refractivity contribution is -0.117. The van der Waals surface area contributed by atoms with E-state index in [9.17, 15) is 9.90 Å². The molecular weight excluding hydrogens is 352 g/mol. The van der Waals surface area contributed by atoms with Crippen LogP contribution in [0, 0.1) is 19.8 Å². The molecule has 5 heteroatoms.